The van der Waals surface area contributed by atoms with Gasteiger partial charge >= 0.3 is 0 Å². The highest BCUT2D eigenvalue weighted by Gasteiger charge is 2.04. The summed E-state index contributed by atoms with van der Waals surface area (Å²) in [7, 11) is 0. The minimum Gasteiger partial charge on any atom is -0.489 e. The molecule has 2 nitrogen and oxygen atoms in total. The monoisotopic (exact) mass is 349 g/mol. The van der Waals surface area contributed by atoms with Crippen molar-refractivity contribution >= 4 is 33.1 Å². The molecule has 2 rings (SSSR count). The average Bonchev–Trinajstić information content (AvgIpc) is 2.42. The van der Waals surface area contributed by atoms with E-state index in [0.717, 1.165) is 32.5 Å². The van der Waals surface area contributed by atoms with Gasteiger partial charge in [0, 0.05) is 10.0 Å². The van der Waals surface area contributed by atoms with Gasteiger partial charge in [-0.2, -0.15) is 0 Å². The number of aryl methyl sites for hydroxylation is 2. The highest BCUT2D eigenvalue weighted by Crippen LogP contribution is 2.26. The molecule has 0 spiro atoms. The van der Waals surface area contributed by atoms with Crippen molar-refractivity contribution in [2.24, 2.45) is 5.73 Å². The Balaban J connectivity index is 2.13. The maximum atomic E-state index is 5.84. The number of rotatable bonds is 4. The lowest BCUT2D eigenvalue weighted by atomic mass is 10.1. The Morgan fingerprint density at radius 3 is 2.45 bits per heavy atom. The molecule has 0 unspecified atom stereocenters. The molecule has 0 saturated heterocycles. The van der Waals surface area contributed by atoms with Crippen LogP contribution in [0.3, 0.4) is 0 Å². The molecule has 20 heavy (non-hydrogen) atoms. The molecule has 0 radical (unpaired) electrons. The van der Waals surface area contributed by atoms with Crippen LogP contribution in [0.25, 0.3) is 0 Å². The Bertz CT molecular complexity index is 632. The smallest absolute Gasteiger partial charge is 0.120 e. The predicted molar refractivity (Wildman–Crippen MR) is 90.3 cm³/mol. The standard InChI is InChI=1S/C16H16BrNOS/c1-10-6-14(7-11(2)15(10)17)19-9-12-4-3-5-13(8-12)16(18)20/h3-8H,9H2,1-2H3,(H2,18,20). The van der Waals surface area contributed by atoms with Gasteiger partial charge in [0.15, 0.2) is 0 Å². The molecule has 0 aliphatic rings. The van der Waals surface area contributed by atoms with E-state index < -0.39 is 0 Å². The molecule has 104 valence electrons. The van der Waals surface area contributed by atoms with Crippen molar-refractivity contribution in [1.29, 1.82) is 0 Å². The zero-order valence-electron chi connectivity index (χ0n) is 11.4. The van der Waals surface area contributed by atoms with Gasteiger partial charge in [-0.1, -0.05) is 46.3 Å². The van der Waals surface area contributed by atoms with Crippen LogP contribution in [0.1, 0.15) is 22.3 Å². The third kappa shape index (κ3) is 3.58. The Kier molecular flexibility index (Phi) is 4.78. The molecule has 0 aliphatic heterocycles. The molecular weight excluding hydrogens is 334 g/mol. The Morgan fingerprint density at radius 1 is 1.20 bits per heavy atom. The van der Waals surface area contributed by atoms with Crippen LogP contribution in [-0.2, 0) is 6.61 Å². The highest BCUT2D eigenvalue weighted by atomic mass is 79.9. The number of hydrogen-bond acceptors (Lipinski definition) is 2. The van der Waals surface area contributed by atoms with Crippen molar-refractivity contribution in [3.63, 3.8) is 0 Å². The molecule has 0 atom stereocenters. The lowest BCUT2D eigenvalue weighted by molar-refractivity contribution is 0.306. The largest absolute Gasteiger partial charge is 0.489 e. The third-order valence-electron chi connectivity index (χ3n) is 3.03. The molecule has 0 fully saturated rings. The van der Waals surface area contributed by atoms with Crippen molar-refractivity contribution in [2.75, 3.05) is 0 Å². The zero-order valence-corrected chi connectivity index (χ0v) is 13.8. The first kappa shape index (κ1) is 15.0. The van der Waals surface area contributed by atoms with Gasteiger partial charge in [0.05, 0.1) is 0 Å². The lowest BCUT2D eigenvalue weighted by Crippen LogP contribution is -2.09. The van der Waals surface area contributed by atoms with Crippen LogP contribution in [0.5, 0.6) is 5.75 Å². The van der Waals surface area contributed by atoms with E-state index in [-0.39, 0.29) is 0 Å². The molecule has 2 N–H and O–H groups in total. The van der Waals surface area contributed by atoms with Crippen molar-refractivity contribution in [2.45, 2.75) is 20.5 Å². The summed E-state index contributed by atoms with van der Waals surface area (Å²) >= 11 is 8.53. The molecule has 0 aromatic heterocycles. The first-order valence-corrected chi connectivity index (χ1v) is 7.46. The van der Waals surface area contributed by atoms with Crippen LogP contribution >= 0.6 is 28.1 Å². The quantitative estimate of drug-likeness (QED) is 0.836. The summed E-state index contributed by atoms with van der Waals surface area (Å²) in [5.74, 6) is 0.865. The van der Waals surface area contributed by atoms with Gasteiger partial charge in [-0.05, 0) is 48.7 Å². The van der Waals surface area contributed by atoms with E-state index in [2.05, 4.69) is 29.8 Å². The molecule has 4 heteroatoms. The maximum absolute atomic E-state index is 5.84. The maximum Gasteiger partial charge on any atom is 0.120 e. The molecule has 2 aromatic carbocycles. The van der Waals surface area contributed by atoms with Crippen LogP contribution in [0, 0.1) is 13.8 Å². The SMILES string of the molecule is Cc1cc(OCc2cccc(C(N)=S)c2)cc(C)c1Br. The summed E-state index contributed by atoms with van der Waals surface area (Å²) in [6.07, 6.45) is 0. The van der Waals surface area contributed by atoms with E-state index in [1.807, 2.05) is 36.4 Å². The topological polar surface area (TPSA) is 35.2 Å². The van der Waals surface area contributed by atoms with Crippen LogP contribution in [0.4, 0.5) is 0 Å². The van der Waals surface area contributed by atoms with Crippen LogP contribution in [0.2, 0.25) is 0 Å². The van der Waals surface area contributed by atoms with E-state index in [0.29, 0.717) is 11.6 Å². The van der Waals surface area contributed by atoms with Gasteiger partial charge in [0.2, 0.25) is 0 Å². The summed E-state index contributed by atoms with van der Waals surface area (Å²) in [6.45, 7) is 4.60. The summed E-state index contributed by atoms with van der Waals surface area (Å²) in [5, 5.41) is 0. The first-order chi connectivity index (χ1) is 9.47. The van der Waals surface area contributed by atoms with Crippen LogP contribution in [0.15, 0.2) is 40.9 Å². The zero-order chi connectivity index (χ0) is 14.7. The second-order valence-corrected chi connectivity index (χ2v) is 5.96. The fourth-order valence-electron chi connectivity index (χ4n) is 1.97. The number of thiocarbonyl (C=S) groups is 1. The minimum absolute atomic E-state index is 0.405. The van der Waals surface area contributed by atoms with E-state index in [1.165, 1.54) is 0 Å². The van der Waals surface area contributed by atoms with Gasteiger partial charge in [0.25, 0.3) is 0 Å². The summed E-state index contributed by atoms with van der Waals surface area (Å²) in [5.41, 5.74) is 9.87. The van der Waals surface area contributed by atoms with Gasteiger partial charge in [-0.15, -0.1) is 0 Å². The molecule has 2 aromatic rings. The Labute approximate surface area is 133 Å². The van der Waals surface area contributed by atoms with Crippen molar-refractivity contribution in [1.82, 2.24) is 0 Å². The fourth-order valence-corrected chi connectivity index (χ4v) is 2.33. The molecule has 0 heterocycles. The second-order valence-electron chi connectivity index (χ2n) is 4.72. The van der Waals surface area contributed by atoms with Gasteiger partial charge in [0.1, 0.15) is 17.3 Å². The van der Waals surface area contributed by atoms with E-state index in [4.69, 9.17) is 22.7 Å². The fraction of sp³-hybridized carbons (Fsp3) is 0.188. The Hall–Kier alpha value is -1.39. The van der Waals surface area contributed by atoms with Gasteiger partial charge < -0.3 is 10.5 Å². The van der Waals surface area contributed by atoms with Gasteiger partial charge in [-0.3, -0.25) is 0 Å². The summed E-state index contributed by atoms with van der Waals surface area (Å²) < 4.78 is 6.96. The molecular formula is C16H16BrNOS. The van der Waals surface area contributed by atoms with Gasteiger partial charge in [-0.25, -0.2) is 0 Å². The molecule has 0 bridgehead atoms. The van der Waals surface area contributed by atoms with Crippen molar-refractivity contribution < 1.29 is 4.74 Å². The number of nitrogens with two attached hydrogens (primary N) is 1. The minimum atomic E-state index is 0.405. The van der Waals surface area contributed by atoms with Crippen LogP contribution in [-0.4, -0.2) is 4.99 Å². The normalized spacial score (nSPS) is 10.3. The third-order valence-corrected chi connectivity index (χ3v) is 4.51. The van der Waals surface area contributed by atoms with E-state index >= 15 is 0 Å². The molecule has 0 aliphatic carbocycles. The number of halogens is 1. The second kappa shape index (κ2) is 6.37. The lowest BCUT2D eigenvalue weighted by Gasteiger charge is -2.11. The summed E-state index contributed by atoms with van der Waals surface area (Å²) in [6, 6.07) is 11.8. The average molecular weight is 350 g/mol. The van der Waals surface area contributed by atoms with Crippen molar-refractivity contribution in [3.8, 4) is 5.75 Å². The van der Waals surface area contributed by atoms with Crippen molar-refractivity contribution in [3.05, 3.63) is 63.1 Å². The number of ether oxygens (including phenoxy) is 1. The number of benzene rings is 2. The number of hydrogen-bond donors (Lipinski definition) is 1. The predicted octanol–water partition coefficient (Wildman–Crippen LogP) is 4.28. The Morgan fingerprint density at radius 2 is 1.85 bits per heavy atom. The molecule has 0 amide bonds. The van der Waals surface area contributed by atoms with Crippen LogP contribution < -0.4 is 10.5 Å². The molecule has 0 saturated carbocycles. The first-order valence-electron chi connectivity index (χ1n) is 6.25. The highest BCUT2D eigenvalue weighted by molar-refractivity contribution is 9.10. The van der Waals surface area contributed by atoms with E-state index in [9.17, 15) is 0 Å². The van der Waals surface area contributed by atoms with E-state index in [1.54, 1.807) is 0 Å². The summed E-state index contributed by atoms with van der Waals surface area (Å²) in [4.78, 5) is 0.405.